The van der Waals surface area contributed by atoms with Crippen molar-refractivity contribution in [1.82, 2.24) is 5.43 Å². The van der Waals surface area contributed by atoms with Crippen LogP contribution in [0.1, 0.15) is 21.5 Å². The van der Waals surface area contributed by atoms with Gasteiger partial charge in [0.25, 0.3) is 5.91 Å². The fourth-order valence-electron chi connectivity index (χ4n) is 1.93. The molecule has 21 heavy (non-hydrogen) atoms. The number of fused-ring (bicyclic) bond motifs is 1. The third kappa shape index (κ3) is 3.02. The zero-order chi connectivity index (χ0) is 14.7. The van der Waals surface area contributed by atoms with Crippen LogP contribution in [0.3, 0.4) is 0 Å². The molecule has 0 unspecified atom stereocenters. The highest BCUT2D eigenvalue weighted by Crippen LogP contribution is 2.31. The number of hydrogen-bond acceptors (Lipinski definition) is 4. The number of hydrazone groups is 1. The number of nitrogens with zero attached hydrogens (tertiary/aromatic N) is 1. The monoisotopic (exact) mass is 282 g/mol. The van der Waals surface area contributed by atoms with Crippen LogP contribution in [0.15, 0.2) is 47.6 Å². The Hall–Kier alpha value is -2.82. The van der Waals surface area contributed by atoms with Gasteiger partial charge in [-0.05, 0) is 42.8 Å². The molecule has 0 saturated heterocycles. The number of carbonyl (C=O) groups excluding carboxylic acids is 1. The van der Waals surface area contributed by atoms with Crippen LogP contribution < -0.4 is 14.9 Å². The van der Waals surface area contributed by atoms with Gasteiger partial charge >= 0.3 is 0 Å². The van der Waals surface area contributed by atoms with E-state index < -0.39 is 0 Å². The standard InChI is InChI=1S/C16H14N2O3/c1-11-2-5-13(6-3-11)16(19)18-17-9-12-4-7-14-15(8-12)21-10-20-14/h2-9H,10H2,1H3,(H,18,19)/b17-9+. The third-order valence-electron chi connectivity index (χ3n) is 3.09. The molecule has 0 saturated carbocycles. The van der Waals surface area contributed by atoms with E-state index in [1.165, 1.54) is 0 Å². The largest absolute Gasteiger partial charge is 0.454 e. The highest BCUT2D eigenvalue weighted by molar-refractivity contribution is 5.94. The molecule has 3 rings (SSSR count). The summed E-state index contributed by atoms with van der Waals surface area (Å²) in [6.45, 7) is 2.21. The van der Waals surface area contributed by atoms with Gasteiger partial charge in [0.2, 0.25) is 6.79 Å². The molecule has 0 aromatic heterocycles. The van der Waals surface area contributed by atoms with Crippen LogP contribution >= 0.6 is 0 Å². The lowest BCUT2D eigenvalue weighted by atomic mass is 10.1. The molecule has 1 heterocycles. The van der Waals surface area contributed by atoms with Crippen LogP contribution in [0, 0.1) is 6.92 Å². The minimum absolute atomic E-state index is 0.236. The lowest BCUT2D eigenvalue weighted by molar-refractivity contribution is 0.0955. The van der Waals surface area contributed by atoms with E-state index in [1.807, 2.05) is 37.3 Å². The summed E-state index contributed by atoms with van der Waals surface area (Å²) in [6.07, 6.45) is 1.56. The van der Waals surface area contributed by atoms with Gasteiger partial charge in [-0.1, -0.05) is 17.7 Å². The van der Waals surface area contributed by atoms with Gasteiger partial charge in [0.05, 0.1) is 6.21 Å². The van der Waals surface area contributed by atoms with Crippen LogP contribution in [0.5, 0.6) is 11.5 Å². The molecule has 1 amide bonds. The topological polar surface area (TPSA) is 59.9 Å². The maximum Gasteiger partial charge on any atom is 0.271 e. The lowest BCUT2D eigenvalue weighted by Gasteiger charge is -2.00. The Bertz CT molecular complexity index is 693. The number of carbonyl (C=O) groups is 1. The van der Waals surface area contributed by atoms with Crippen LogP contribution in [-0.4, -0.2) is 18.9 Å². The summed E-state index contributed by atoms with van der Waals surface area (Å²) >= 11 is 0. The average molecular weight is 282 g/mol. The minimum Gasteiger partial charge on any atom is -0.454 e. The molecule has 2 aromatic rings. The van der Waals surface area contributed by atoms with E-state index in [1.54, 1.807) is 18.3 Å². The van der Waals surface area contributed by atoms with E-state index in [0.717, 1.165) is 16.9 Å². The molecule has 0 aliphatic carbocycles. The normalized spacial score (nSPS) is 12.6. The predicted octanol–water partition coefficient (Wildman–Crippen LogP) is 2.49. The molecule has 0 bridgehead atoms. The number of amides is 1. The Balaban J connectivity index is 1.64. The summed E-state index contributed by atoms with van der Waals surface area (Å²) in [4.78, 5) is 11.9. The highest BCUT2D eigenvalue weighted by atomic mass is 16.7. The van der Waals surface area contributed by atoms with Crippen molar-refractivity contribution in [2.75, 3.05) is 6.79 Å². The zero-order valence-electron chi connectivity index (χ0n) is 11.5. The van der Waals surface area contributed by atoms with Gasteiger partial charge in [0.15, 0.2) is 11.5 Å². The van der Waals surface area contributed by atoms with Crippen LogP contribution in [0.25, 0.3) is 0 Å². The first-order valence-corrected chi connectivity index (χ1v) is 6.52. The summed E-state index contributed by atoms with van der Waals surface area (Å²) < 4.78 is 10.5. The van der Waals surface area contributed by atoms with E-state index in [0.29, 0.717) is 11.3 Å². The fraction of sp³-hybridized carbons (Fsp3) is 0.125. The second kappa shape index (κ2) is 5.66. The number of benzene rings is 2. The van der Waals surface area contributed by atoms with Gasteiger partial charge in [-0.3, -0.25) is 4.79 Å². The van der Waals surface area contributed by atoms with Gasteiger partial charge in [-0.15, -0.1) is 0 Å². The van der Waals surface area contributed by atoms with Crippen molar-refractivity contribution in [2.45, 2.75) is 6.92 Å². The third-order valence-corrected chi connectivity index (χ3v) is 3.09. The molecule has 5 heteroatoms. The van der Waals surface area contributed by atoms with E-state index in [4.69, 9.17) is 9.47 Å². The lowest BCUT2D eigenvalue weighted by Crippen LogP contribution is -2.17. The minimum atomic E-state index is -0.244. The molecule has 2 aromatic carbocycles. The van der Waals surface area contributed by atoms with Gasteiger partial charge in [0.1, 0.15) is 0 Å². The summed E-state index contributed by atoms with van der Waals surface area (Å²) in [6, 6.07) is 12.8. The molecule has 0 fully saturated rings. The molecular formula is C16H14N2O3. The Kier molecular flexibility index (Phi) is 3.55. The summed E-state index contributed by atoms with van der Waals surface area (Å²) in [5.74, 6) is 1.16. The number of nitrogens with one attached hydrogen (secondary N) is 1. The summed E-state index contributed by atoms with van der Waals surface area (Å²) in [7, 11) is 0. The van der Waals surface area contributed by atoms with Crippen molar-refractivity contribution in [3.63, 3.8) is 0 Å². The quantitative estimate of drug-likeness (QED) is 0.695. The number of rotatable bonds is 3. The van der Waals surface area contributed by atoms with E-state index in [2.05, 4.69) is 10.5 Å². The fourth-order valence-corrected chi connectivity index (χ4v) is 1.93. The van der Waals surface area contributed by atoms with Gasteiger partial charge < -0.3 is 9.47 Å². The van der Waals surface area contributed by atoms with Gasteiger partial charge in [-0.2, -0.15) is 5.10 Å². The van der Waals surface area contributed by atoms with Crippen molar-refractivity contribution in [3.8, 4) is 11.5 Å². The SMILES string of the molecule is Cc1ccc(C(=O)N/N=C/c2ccc3c(c2)OCO3)cc1. The van der Waals surface area contributed by atoms with Crippen LogP contribution in [0.2, 0.25) is 0 Å². The van der Waals surface area contributed by atoms with Crippen molar-refractivity contribution in [2.24, 2.45) is 5.10 Å². The molecule has 0 radical (unpaired) electrons. The van der Waals surface area contributed by atoms with E-state index >= 15 is 0 Å². The smallest absolute Gasteiger partial charge is 0.271 e. The van der Waals surface area contributed by atoms with Crippen molar-refractivity contribution >= 4 is 12.1 Å². The highest BCUT2D eigenvalue weighted by Gasteiger charge is 2.12. The first kappa shape index (κ1) is 13.2. The molecule has 0 atom stereocenters. The molecule has 1 N–H and O–H groups in total. The molecule has 1 aliphatic rings. The zero-order valence-corrected chi connectivity index (χ0v) is 11.5. The number of ether oxygens (including phenoxy) is 2. The Labute approximate surface area is 122 Å². The molecule has 106 valence electrons. The summed E-state index contributed by atoms with van der Waals surface area (Å²) in [5, 5.41) is 3.94. The van der Waals surface area contributed by atoms with Crippen LogP contribution in [0.4, 0.5) is 0 Å². The van der Waals surface area contributed by atoms with E-state index in [9.17, 15) is 4.79 Å². The Morgan fingerprint density at radius 2 is 1.90 bits per heavy atom. The predicted molar refractivity (Wildman–Crippen MR) is 78.8 cm³/mol. The van der Waals surface area contributed by atoms with Gasteiger partial charge in [0, 0.05) is 5.56 Å². The first-order chi connectivity index (χ1) is 10.2. The molecule has 0 spiro atoms. The van der Waals surface area contributed by atoms with Crippen molar-refractivity contribution in [1.29, 1.82) is 0 Å². The van der Waals surface area contributed by atoms with Crippen molar-refractivity contribution in [3.05, 3.63) is 59.2 Å². The summed E-state index contributed by atoms with van der Waals surface area (Å²) in [5.41, 5.74) is 5.00. The molecule has 1 aliphatic heterocycles. The second-order valence-corrected chi connectivity index (χ2v) is 4.68. The number of hydrogen-bond donors (Lipinski definition) is 1. The Morgan fingerprint density at radius 3 is 2.71 bits per heavy atom. The maximum atomic E-state index is 11.9. The Morgan fingerprint density at radius 1 is 1.14 bits per heavy atom. The average Bonchev–Trinajstić information content (AvgIpc) is 2.95. The molecule has 5 nitrogen and oxygen atoms in total. The molecular weight excluding hydrogens is 268 g/mol. The second-order valence-electron chi connectivity index (χ2n) is 4.68. The number of aryl methyl sites for hydroxylation is 1. The van der Waals surface area contributed by atoms with E-state index in [-0.39, 0.29) is 12.7 Å². The van der Waals surface area contributed by atoms with Gasteiger partial charge in [-0.25, -0.2) is 5.43 Å². The van der Waals surface area contributed by atoms with Crippen molar-refractivity contribution < 1.29 is 14.3 Å². The maximum absolute atomic E-state index is 11.9. The van der Waals surface area contributed by atoms with Crippen LogP contribution in [-0.2, 0) is 0 Å². The first-order valence-electron chi connectivity index (χ1n) is 6.52.